The molecule has 2 aromatic heterocycles. The van der Waals surface area contributed by atoms with Gasteiger partial charge in [-0.15, -0.1) is 0 Å². The molecule has 0 amide bonds. The van der Waals surface area contributed by atoms with Crippen LogP contribution in [0.25, 0.3) is 27.8 Å². The Labute approximate surface area is 218 Å². The fraction of sp³-hybridized carbons (Fsp3) is 0.0333. The summed E-state index contributed by atoms with van der Waals surface area (Å²) in [4.78, 5) is 39.1. The van der Waals surface area contributed by atoms with Crippen molar-refractivity contribution in [2.75, 3.05) is 0 Å². The van der Waals surface area contributed by atoms with Crippen molar-refractivity contribution in [3.8, 4) is 0 Å². The van der Waals surface area contributed by atoms with Gasteiger partial charge >= 0.3 is 17.9 Å². The van der Waals surface area contributed by atoms with Crippen LogP contribution < -0.4 is 0 Å². The van der Waals surface area contributed by atoms with Crippen molar-refractivity contribution in [1.29, 1.82) is 0 Å². The van der Waals surface area contributed by atoms with E-state index < -0.39 is 17.9 Å². The SMILES string of the molecule is Cc1ccc(C(=O)O)cn1.O=C(O)/C=C/c1ccc2ccccc2c1.O=C(O)c1cnc2ccccc2c1. The number of carboxylic acid groups (broad SMARTS) is 3. The molecular formula is C30H24N2O6. The lowest BCUT2D eigenvalue weighted by atomic mass is 10.1. The largest absolute Gasteiger partial charge is 0.478 e. The van der Waals surface area contributed by atoms with Crippen molar-refractivity contribution in [3.05, 3.63) is 126 Å². The molecule has 0 radical (unpaired) electrons. The monoisotopic (exact) mass is 508 g/mol. The maximum absolute atomic E-state index is 10.6. The van der Waals surface area contributed by atoms with Crippen LogP contribution in [0.1, 0.15) is 32.0 Å². The van der Waals surface area contributed by atoms with E-state index in [1.807, 2.05) is 73.7 Å². The van der Waals surface area contributed by atoms with E-state index in [4.69, 9.17) is 15.3 Å². The van der Waals surface area contributed by atoms with Gasteiger partial charge in [-0.3, -0.25) is 9.97 Å². The molecule has 0 unspecified atom stereocenters. The number of fused-ring (bicyclic) bond motifs is 2. The Morgan fingerprint density at radius 1 is 0.658 bits per heavy atom. The third-order valence-corrected chi connectivity index (χ3v) is 5.19. The van der Waals surface area contributed by atoms with E-state index >= 15 is 0 Å². The molecule has 0 aliphatic heterocycles. The van der Waals surface area contributed by atoms with E-state index in [0.29, 0.717) is 0 Å². The number of rotatable bonds is 4. The molecule has 0 spiro atoms. The minimum absolute atomic E-state index is 0.221. The maximum Gasteiger partial charge on any atom is 0.337 e. The summed E-state index contributed by atoms with van der Waals surface area (Å²) in [6.45, 7) is 1.81. The predicted molar refractivity (Wildman–Crippen MR) is 145 cm³/mol. The molecule has 0 fully saturated rings. The zero-order chi connectivity index (χ0) is 27.5. The highest BCUT2D eigenvalue weighted by molar-refractivity contribution is 5.92. The highest BCUT2D eigenvalue weighted by Crippen LogP contribution is 2.16. The summed E-state index contributed by atoms with van der Waals surface area (Å²) in [5, 5.41) is 28.8. The fourth-order valence-electron chi connectivity index (χ4n) is 3.26. The van der Waals surface area contributed by atoms with Gasteiger partial charge in [0.25, 0.3) is 0 Å². The minimum atomic E-state index is -0.946. The normalized spacial score (nSPS) is 10.2. The van der Waals surface area contributed by atoms with Gasteiger partial charge in [0.05, 0.1) is 16.6 Å². The smallest absolute Gasteiger partial charge is 0.337 e. The van der Waals surface area contributed by atoms with Crippen LogP contribution in [0, 0.1) is 6.92 Å². The number of hydrogen-bond acceptors (Lipinski definition) is 5. The standard InChI is InChI=1S/C13H10O2.C10H7NO2.C7H7NO2/c14-13(15)8-6-10-5-7-11-3-1-2-4-12(11)9-10;12-10(13)8-5-7-3-1-2-4-9(7)11-6-8;1-5-2-3-6(4-8-5)7(9)10/h1-9H,(H,14,15);1-6H,(H,12,13);2-4H,1H3,(H,9,10)/b8-6+;;. The number of pyridine rings is 2. The number of carboxylic acids is 3. The van der Waals surface area contributed by atoms with Gasteiger partial charge in [0.2, 0.25) is 0 Å². The first-order chi connectivity index (χ1) is 18.2. The average molecular weight is 509 g/mol. The number of benzene rings is 3. The molecule has 8 heteroatoms. The maximum atomic E-state index is 10.6. The Morgan fingerprint density at radius 3 is 1.92 bits per heavy atom. The van der Waals surface area contributed by atoms with Crippen molar-refractivity contribution in [2.45, 2.75) is 6.92 Å². The summed E-state index contributed by atoms with van der Waals surface area (Å²) >= 11 is 0. The van der Waals surface area contributed by atoms with Crippen molar-refractivity contribution < 1.29 is 29.7 Å². The first kappa shape index (κ1) is 27.2. The van der Waals surface area contributed by atoms with Gasteiger partial charge in [-0.25, -0.2) is 14.4 Å². The number of nitrogens with zero attached hydrogens (tertiary/aromatic N) is 2. The Bertz CT molecular complexity index is 1610. The van der Waals surface area contributed by atoms with Gasteiger partial charge in [-0.2, -0.15) is 0 Å². The molecule has 8 nitrogen and oxygen atoms in total. The highest BCUT2D eigenvalue weighted by Gasteiger charge is 2.03. The number of hydrogen-bond donors (Lipinski definition) is 3. The first-order valence-corrected chi connectivity index (χ1v) is 11.4. The molecule has 190 valence electrons. The summed E-state index contributed by atoms with van der Waals surface area (Å²) in [6, 6.07) is 26.1. The third kappa shape index (κ3) is 8.10. The summed E-state index contributed by atoms with van der Waals surface area (Å²) in [5.74, 6) is -2.81. The molecule has 0 atom stereocenters. The Kier molecular flexibility index (Phi) is 9.37. The lowest BCUT2D eigenvalue weighted by Crippen LogP contribution is -1.96. The molecule has 0 aliphatic carbocycles. The van der Waals surface area contributed by atoms with E-state index in [-0.39, 0.29) is 11.1 Å². The molecule has 3 aromatic carbocycles. The molecule has 3 N–H and O–H groups in total. The second kappa shape index (κ2) is 13.1. The summed E-state index contributed by atoms with van der Waals surface area (Å²) in [6.07, 6.45) is 5.45. The molecule has 5 rings (SSSR count). The van der Waals surface area contributed by atoms with E-state index in [1.165, 1.54) is 18.5 Å². The molecule has 0 aliphatic rings. The number of aromatic carboxylic acids is 2. The summed E-state index contributed by atoms with van der Waals surface area (Å²) < 4.78 is 0. The van der Waals surface area contributed by atoms with Crippen molar-refractivity contribution in [1.82, 2.24) is 9.97 Å². The van der Waals surface area contributed by atoms with E-state index in [1.54, 1.807) is 18.2 Å². The molecule has 5 aromatic rings. The average Bonchev–Trinajstić information content (AvgIpc) is 2.92. The van der Waals surface area contributed by atoms with Crippen LogP contribution in [-0.2, 0) is 4.79 Å². The molecule has 0 bridgehead atoms. The van der Waals surface area contributed by atoms with Crippen molar-refractivity contribution in [3.63, 3.8) is 0 Å². The van der Waals surface area contributed by atoms with E-state index in [9.17, 15) is 14.4 Å². The van der Waals surface area contributed by atoms with Crippen molar-refractivity contribution in [2.24, 2.45) is 0 Å². The number of aliphatic carboxylic acids is 1. The van der Waals surface area contributed by atoms with Crippen LogP contribution in [0.2, 0.25) is 0 Å². The van der Waals surface area contributed by atoms with Crippen LogP contribution in [0.4, 0.5) is 0 Å². The quantitative estimate of drug-likeness (QED) is 0.253. The molecule has 38 heavy (non-hydrogen) atoms. The van der Waals surface area contributed by atoms with Gasteiger partial charge in [0.1, 0.15) is 0 Å². The number of aromatic nitrogens is 2. The Balaban J connectivity index is 0.000000161. The zero-order valence-corrected chi connectivity index (χ0v) is 20.4. The van der Waals surface area contributed by atoms with E-state index in [0.717, 1.165) is 39.0 Å². The lowest BCUT2D eigenvalue weighted by molar-refractivity contribution is -0.131. The van der Waals surface area contributed by atoms with Crippen LogP contribution in [0.5, 0.6) is 0 Å². The molecule has 0 saturated heterocycles. The van der Waals surface area contributed by atoms with Crippen LogP contribution >= 0.6 is 0 Å². The first-order valence-electron chi connectivity index (χ1n) is 11.4. The van der Waals surface area contributed by atoms with Gasteiger partial charge < -0.3 is 15.3 Å². The Morgan fingerprint density at radius 2 is 1.29 bits per heavy atom. The highest BCUT2D eigenvalue weighted by atomic mass is 16.4. The minimum Gasteiger partial charge on any atom is -0.478 e. The number of para-hydroxylation sites is 1. The molecular weight excluding hydrogens is 484 g/mol. The van der Waals surface area contributed by atoms with Crippen LogP contribution in [-0.4, -0.2) is 43.2 Å². The van der Waals surface area contributed by atoms with Gasteiger partial charge in [-0.1, -0.05) is 54.6 Å². The topological polar surface area (TPSA) is 138 Å². The second-order valence-electron chi connectivity index (χ2n) is 7.99. The summed E-state index contributed by atoms with van der Waals surface area (Å²) in [7, 11) is 0. The van der Waals surface area contributed by atoms with Gasteiger partial charge in [0, 0.05) is 29.5 Å². The van der Waals surface area contributed by atoms with Crippen molar-refractivity contribution >= 4 is 45.7 Å². The second-order valence-corrected chi connectivity index (χ2v) is 7.99. The van der Waals surface area contributed by atoms with Crippen LogP contribution in [0.3, 0.4) is 0 Å². The fourth-order valence-corrected chi connectivity index (χ4v) is 3.26. The molecule has 0 saturated carbocycles. The van der Waals surface area contributed by atoms with E-state index in [2.05, 4.69) is 9.97 Å². The third-order valence-electron chi connectivity index (χ3n) is 5.19. The number of aryl methyl sites for hydroxylation is 1. The van der Waals surface area contributed by atoms with Gasteiger partial charge in [-0.05, 0) is 59.7 Å². The predicted octanol–water partition coefficient (Wildman–Crippen LogP) is 5.96. The lowest BCUT2D eigenvalue weighted by Gasteiger charge is -1.98. The van der Waals surface area contributed by atoms with Gasteiger partial charge in [0.15, 0.2) is 0 Å². The van der Waals surface area contributed by atoms with Crippen LogP contribution in [0.15, 0.2) is 103 Å². The Hall–Kier alpha value is -5.37. The zero-order valence-electron chi connectivity index (χ0n) is 20.4. The number of carbonyl (C=O) groups is 3. The summed E-state index contributed by atoms with van der Waals surface area (Å²) in [5.41, 5.74) is 2.98. The molecule has 2 heterocycles.